The van der Waals surface area contributed by atoms with Crippen LogP contribution in [0.5, 0.6) is 0 Å². The standard InChI is InChI=1S/C20H26N6O/c1-20(2,27)12-17-24-16-13-23-19-15(4-8-22-19)18(16)26(17)14-5-10-25(11-6-14)9-3-7-21/h4,8,13-14,27H,3,5-6,9-12H2,1-2H3,(H,22,23). The number of H-pyrrole nitrogens is 1. The van der Waals surface area contributed by atoms with Gasteiger partial charge in [-0.15, -0.1) is 0 Å². The number of imidazole rings is 1. The topological polar surface area (TPSA) is 93.8 Å². The third kappa shape index (κ3) is 3.55. The van der Waals surface area contributed by atoms with Crippen molar-refractivity contribution >= 4 is 22.1 Å². The lowest BCUT2D eigenvalue weighted by molar-refractivity contribution is 0.0767. The molecule has 1 fully saturated rings. The predicted molar refractivity (Wildman–Crippen MR) is 104 cm³/mol. The van der Waals surface area contributed by atoms with E-state index in [1.165, 1.54) is 0 Å². The fraction of sp³-hybridized carbons (Fsp3) is 0.550. The highest BCUT2D eigenvalue weighted by Gasteiger charge is 2.28. The molecule has 7 heteroatoms. The first-order valence-corrected chi connectivity index (χ1v) is 9.61. The van der Waals surface area contributed by atoms with Gasteiger partial charge in [0.1, 0.15) is 17.0 Å². The van der Waals surface area contributed by atoms with Gasteiger partial charge in [0.2, 0.25) is 0 Å². The Morgan fingerprint density at radius 3 is 2.85 bits per heavy atom. The van der Waals surface area contributed by atoms with Crippen molar-refractivity contribution in [2.75, 3.05) is 19.6 Å². The summed E-state index contributed by atoms with van der Waals surface area (Å²) in [6.07, 6.45) is 6.85. The van der Waals surface area contributed by atoms with Crippen molar-refractivity contribution in [2.45, 2.75) is 51.2 Å². The molecule has 0 spiro atoms. The number of hydrogen-bond acceptors (Lipinski definition) is 5. The lowest BCUT2D eigenvalue weighted by Gasteiger charge is -2.33. The molecule has 27 heavy (non-hydrogen) atoms. The van der Waals surface area contributed by atoms with Crippen LogP contribution in [0.4, 0.5) is 0 Å². The summed E-state index contributed by atoms with van der Waals surface area (Å²) in [4.78, 5) is 14.9. The van der Waals surface area contributed by atoms with Crippen LogP contribution in [0.3, 0.4) is 0 Å². The molecule has 1 aliphatic heterocycles. The molecule has 1 saturated heterocycles. The van der Waals surface area contributed by atoms with Crippen LogP contribution in [-0.2, 0) is 6.42 Å². The number of hydrogen-bond donors (Lipinski definition) is 2. The maximum atomic E-state index is 10.4. The van der Waals surface area contributed by atoms with E-state index in [1.54, 1.807) is 0 Å². The lowest BCUT2D eigenvalue weighted by Crippen LogP contribution is -2.36. The highest BCUT2D eigenvalue weighted by molar-refractivity contribution is 6.01. The SMILES string of the molecule is CC(C)(O)Cc1nc2cnc3[nH]ccc3c2n1C1CCN(CCC#N)CC1. The normalized spacial score (nSPS) is 17.0. The molecule has 0 aromatic carbocycles. The van der Waals surface area contributed by atoms with Crippen LogP contribution in [0, 0.1) is 11.3 Å². The van der Waals surface area contributed by atoms with Gasteiger partial charge >= 0.3 is 0 Å². The summed E-state index contributed by atoms with van der Waals surface area (Å²) in [5, 5.41) is 20.3. The van der Waals surface area contributed by atoms with Crippen LogP contribution in [0.25, 0.3) is 22.1 Å². The second kappa shape index (κ2) is 6.95. The number of piperidine rings is 1. The van der Waals surface area contributed by atoms with Crippen LogP contribution in [0.15, 0.2) is 18.5 Å². The Bertz CT molecular complexity index is 982. The molecular formula is C20H26N6O. The first-order valence-electron chi connectivity index (χ1n) is 9.61. The first kappa shape index (κ1) is 18.0. The number of aliphatic hydroxyl groups is 1. The van der Waals surface area contributed by atoms with Gasteiger partial charge in [0, 0.05) is 50.1 Å². The summed E-state index contributed by atoms with van der Waals surface area (Å²) >= 11 is 0. The molecule has 7 nitrogen and oxygen atoms in total. The Kier molecular flexibility index (Phi) is 4.62. The molecular weight excluding hydrogens is 340 g/mol. The molecule has 4 rings (SSSR count). The van der Waals surface area contributed by atoms with E-state index in [4.69, 9.17) is 10.2 Å². The Hall–Kier alpha value is -2.43. The summed E-state index contributed by atoms with van der Waals surface area (Å²) < 4.78 is 2.34. The molecule has 0 atom stereocenters. The Morgan fingerprint density at radius 2 is 2.15 bits per heavy atom. The largest absolute Gasteiger partial charge is 0.390 e. The van der Waals surface area contributed by atoms with Gasteiger partial charge in [-0.05, 0) is 32.8 Å². The van der Waals surface area contributed by atoms with Crippen molar-refractivity contribution < 1.29 is 5.11 Å². The van der Waals surface area contributed by atoms with Crippen LogP contribution in [0.2, 0.25) is 0 Å². The average Bonchev–Trinajstić information content (AvgIpc) is 3.22. The van der Waals surface area contributed by atoms with Crippen molar-refractivity contribution in [2.24, 2.45) is 0 Å². The van der Waals surface area contributed by atoms with E-state index in [9.17, 15) is 5.11 Å². The second-order valence-electron chi connectivity index (χ2n) is 8.10. The van der Waals surface area contributed by atoms with Crippen molar-refractivity contribution in [3.63, 3.8) is 0 Å². The number of likely N-dealkylation sites (tertiary alicyclic amines) is 1. The van der Waals surface area contributed by atoms with Gasteiger partial charge in [0.15, 0.2) is 0 Å². The Balaban J connectivity index is 1.74. The molecule has 4 heterocycles. The molecule has 0 radical (unpaired) electrons. The smallest absolute Gasteiger partial charge is 0.139 e. The van der Waals surface area contributed by atoms with Crippen molar-refractivity contribution in [3.05, 3.63) is 24.3 Å². The zero-order valence-corrected chi connectivity index (χ0v) is 15.9. The third-order valence-corrected chi connectivity index (χ3v) is 5.36. The van der Waals surface area contributed by atoms with Gasteiger partial charge in [-0.25, -0.2) is 9.97 Å². The van der Waals surface area contributed by atoms with Crippen molar-refractivity contribution in [3.8, 4) is 6.07 Å². The van der Waals surface area contributed by atoms with Crippen LogP contribution >= 0.6 is 0 Å². The van der Waals surface area contributed by atoms with Crippen LogP contribution < -0.4 is 0 Å². The number of nitrogens with one attached hydrogen (secondary N) is 1. The van der Waals surface area contributed by atoms with Gasteiger partial charge in [-0.3, -0.25) is 0 Å². The predicted octanol–water partition coefficient (Wildman–Crippen LogP) is 2.78. The zero-order chi connectivity index (χ0) is 19.0. The van der Waals surface area contributed by atoms with E-state index >= 15 is 0 Å². The second-order valence-corrected chi connectivity index (χ2v) is 8.10. The fourth-order valence-electron chi connectivity index (χ4n) is 4.15. The molecule has 0 amide bonds. The molecule has 3 aromatic heterocycles. The molecule has 1 aliphatic rings. The third-order valence-electron chi connectivity index (χ3n) is 5.36. The molecule has 2 N–H and O–H groups in total. The van der Waals surface area contributed by atoms with E-state index in [-0.39, 0.29) is 0 Å². The van der Waals surface area contributed by atoms with E-state index in [1.807, 2.05) is 26.2 Å². The summed E-state index contributed by atoms with van der Waals surface area (Å²) in [5.41, 5.74) is 2.03. The molecule has 142 valence electrons. The minimum absolute atomic E-state index is 0.339. The monoisotopic (exact) mass is 366 g/mol. The quantitative estimate of drug-likeness (QED) is 0.724. The number of rotatable bonds is 5. The minimum atomic E-state index is -0.822. The highest BCUT2D eigenvalue weighted by atomic mass is 16.3. The van der Waals surface area contributed by atoms with Gasteiger partial charge in [-0.1, -0.05) is 0 Å². The van der Waals surface area contributed by atoms with E-state index in [0.717, 1.165) is 60.4 Å². The summed E-state index contributed by atoms with van der Waals surface area (Å²) in [5.74, 6) is 0.920. The number of nitriles is 1. The Morgan fingerprint density at radius 1 is 1.37 bits per heavy atom. The Labute approximate surface area is 158 Å². The van der Waals surface area contributed by atoms with Crippen molar-refractivity contribution in [1.29, 1.82) is 5.26 Å². The van der Waals surface area contributed by atoms with Gasteiger partial charge in [-0.2, -0.15) is 5.26 Å². The number of fused-ring (bicyclic) bond motifs is 3. The zero-order valence-electron chi connectivity index (χ0n) is 15.9. The number of aromatic nitrogens is 4. The molecule has 0 aliphatic carbocycles. The number of aromatic amines is 1. The minimum Gasteiger partial charge on any atom is -0.390 e. The van der Waals surface area contributed by atoms with Gasteiger partial charge in [0.25, 0.3) is 0 Å². The summed E-state index contributed by atoms with van der Waals surface area (Å²) in [7, 11) is 0. The molecule has 0 bridgehead atoms. The number of nitrogens with zero attached hydrogens (tertiary/aromatic N) is 5. The highest BCUT2D eigenvalue weighted by Crippen LogP contribution is 2.33. The maximum absolute atomic E-state index is 10.4. The fourth-order valence-corrected chi connectivity index (χ4v) is 4.15. The van der Waals surface area contributed by atoms with Gasteiger partial charge < -0.3 is 19.6 Å². The van der Waals surface area contributed by atoms with E-state index in [0.29, 0.717) is 18.9 Å². The average molecular weight is 366 g/mol. The maximum Gasteiger partial charge on any atom is 0.139 e. The van der Waals surface area contributed by atoms with Gasteiger partial charge in [0.05, 0.1) is 23.4 Å². The van der Waals surface area contributed by atoms with Crippen LogP contribution in [0.1, 0.15) is 45.0 Å². The lowest BCUT2D eigenvalue weighted by atomic mass is 10.0. The first-order chi connectivity index (χ1) is 13.0. The van der Waals surface area contributed by atoms with E-state index < -0.39 is 5.60 Å². The van der Waals surface area contributed by atoms with Crippen LogP contribution in [-0.4, -0.2) is 54.8 Å². The summed E-state index contributed by atoms with van der Waals surface area (Å²) in [6.45, 7) is 6.46. The molecule has 0 unspecified atom stereocenters. The number of pyridine rings is 1. The van der Waals surface area contributed by atoms with E-state index in [2.05, 4.69) is 31.6 Å². The van der Waals surface area contributed by atoms with Crippen molar-refractivity contribution in [1.82, 2.24) is 24.4 Å². The molecule has 0 saturated carbocycles. The summed E-state index contributed by atoms with van der Waals surface area (Å²) in [6, 6.07) is 4.63. The molecule has 3 aromatic rings.